The second-order valence-corrected chi connectivity index (χ2v) is 8.65. The van der Waals surface area contributed by atoms with Crippen molar-refractivity contribution >= 4 is 57.3 Å². The van der Waals surface area contributed by atoms with E-state index in [1.807, 2.05) is 49.4 Å². The fourth-order valence-electron chi connectivity index (χ4n) is 3.48. The number of amides is 1. The number of carbonyl (C=O) groups excluding carboxylic acids is 1. The van der Waals surface area contributed by atoms with Gasteiger partial charge in [-0.25, -0.2) is 0 Å². The average molecular weight is 431 g/mol. The molecule has 1 saturated heterocycles. The number of benzene rings is 3. The zero-order chi connectivity index (χ0) is 21.1. The van der Waals surface area contributed by atoms with Crippen LogP contribution in [0.25, 0.3) is 6.08 Å². The van der Waals surface area contributed by atoms with E-state index in [1.54, 1.807) is 4.90 Å². The molecule has 0 aliphatic carbocycles. The minimum atomic E-state index is -0.00817. The first kappa shape index (κ1) is 20.4. The highest BCUT2D eigenvalue weighted by molar-refractivity contribution is 8.26. The summed E-state index contributed by atoms with van der Waals surface area (Å²) in [6.45, 7) is 4.61. The van der Waals surface area contributed by atoms with E-state index in [4.69, 9.17) is 12.2 Å². The lowest BCUT2D eigenvalue weighted by atomic mass is 10.1. The maximum Gasteiger partial charge on any atom is 0.266 e. The number of rotatable bonds is 5. The van der Waals surface area contributed by atoms with Crippen LogP contribution in [0.5, 0.6) is 0 Å². The summed E-state index contributed by atoms with van der Waals surface area (Å²) < 4.78 is 0.627. The largest absolute Gasteiger partial charge is 0.310 e. The second kappa shape index (κ2) is 8.86. The van der Waals surface area contributed by atoms with Gasteiger partial charge in [-0.1, -0.05) is 66.4 Å². The van der Waals surface area contributed by atoms with Crippen LogP contribution in [-0.2, 0) is 4.79 Å². The first-order chi connectivity index (χ1) is 14.6. The van der Waals surface area contributed by atoms with Gasteiger partial charge in [-0.05, 0) is 67.4 Å². The fourth-order valence-corrected chi connectivity index (χ4v) is 4.85. The van der Waals surface area contributed by atoms with Gasteiger partial charge in [0.1, 0.15) is 4.32 Å². The van der Waals surface area contributed by atoms with Crippen molar-refractivity contribution in [2.24, 2.45) is 0 Å². The first-order valence-electron chi connectivity index (χ1n) is 9.84. The van der Waals surface area contributed by atoms with Gasteiger partial charge in [0.2, 0.25) is 0 Å². The SMILES string of the molecule is CCN1C(=O)C(=Cc2ccc(N(c3ccccc3)c3ccccc3)cc2C)SC1=S. The van der Waals surface area contributed by atoms with Crippen molar-refractivity contribution in [3.05, 3.63) is 94.9 Å². The lowest BCUT2D eigenvalue weighted by Crippen LogP contribution is -2.27. The molecule has 0 saturated carbocycles. The second-order valence-electron chi connectivity index (χ2n) is 6.97. The molecular weight excluding hydrogens is 408 g/mol. The Kier molecular flexibility index (Phi) is 6.02. The number of aryl methyl sites for hydroxylation is 1. The van der Waals surface area contributed by atoms with Gasteiger partial charge in [0.15, 0.2) is 0 Å². The molecule has 1 aliphatic rings. The normalized spacial score (nSPS) is 15.1. The Morgan fingerprint density at radius 1 is 0.933 bits per heavy atom. The van der Waals surface area contributed by atoms with Gasteiger partial charge >= 0.3 is 0 Å². The molecule has 4 rings (SSSR count). The first-order valence-corrected chi connectivity index (χ1v) is 11.1. The van der Waals surface area contributed by atoms with Crippen LogP contribution in [-0.4, -0.2) is 21.7 Å². The number of hydrogen-bond acceptors (Lipinski definition) is 4. The summed E-state index contributed by atoms with van der Waals surface area (Å²) in [7, 11) is 0. The Morgan fingerprint density at radius 3 is 2.03 bits per heavy atom. The Bertz CT molecular complexity index is 1070. The van der Waals surface area contributed by atoms with Crippen molar-refractivity contribution in [2.45, 2.75) is 13.8 Å². The van der Waals surface area contributed by atoms with E-state index in [0.29, 0.717) is 15.8 Å². The van der Waals surface area contributed by atoms with E-state index in [1.165, 1.54) is 11.8 Å². The molecule has 150 valence electrons. The van der Waals surface area contributed by atoms with E-state index in [2.05, 4.69) is 54.3 Å². The fraction of sp³-hybridized carbons (Fsp3) is 0.120. The van der Waals surface area contributed by atoms with Crippen molar-refractivity contribution < 1.29 is 4.79 Å². The summed E-state index contributed by atoms with van der Waals surface area (Å²) >= 11 is 6.70. The molecule has 0 bridgehead atoms. The van der Waals surface area contributed by atoms with Crippen molar-refractivity contribution in [3.8, 4) is 0 Å². The monoisotopic (exact) mass is 430 g/mol. The van der Waals surface area contributed by atoms with Crippen molar-refractivity contribution in [3.63, 3.8) is 0 Å². The number of hydrogen-bond donors (Lipinski definition) is 0. The Morgan fingerprint density at radius 2 is 1.53 bits per heavy atom. The van der Waals surface area contributed by atoms with E-state index in [9.17, 15) is 4.79 Å². The van der Waals surface area contributed by atoms with Crippen LogP contribution in [0.15, 0.2) is 83.8 Å². The van der Waals surface area contributed by atoms with Crippen molar-refractivity contribution in [2.75, 3.05) is 11.4 Å². The summed E-state index contributed by atoms with van der Waals surface area (Å²) in [5, 5.41) is 0. The zero-order valence-electron chi connectivity index (χ0n) is 16.9. The van der Waals surface area contributed by atoms with Crippen LogP contribution in [0.2, 0.25) is 0 Å². The molecule has 1 aliphatic heterocycles. The van der Waals surface area contributed by atoms with Gasteiger partial charge in [-0.15, -0.1) is 0 Å². The molecule has 30 heavy (non-hydrogen) atoms. The highest BCUT2D eigenvalue weighted by Crippen LogP contribution is 2.37. The van der Waals surface area contributed by atoms with Gasteiger partial charge in [0.25, 0.3) is 5.91 Å². The van der Waals surface area contributed by atoms with Crippen molar-refractivity contribution in [1.82, 2.24) is 4.90 Å². The molecule has 3 nitrogen and oxygen atoms in total. The van der Waals surface area contributed by atoms with Crippen LogP contribution in [0.4, 0.5) is 17.1 Å². The predicted octanol–water partition coefficient (Wildman–Crippen LogP) is 6.69. The smallest absolute Gasteiger partial charge is 0.266 e. The van der Waals surface area contributed by atoms with Crippen LogP contribution in [0.3, 0.4) is 0 Å². The summed E-state index contributed by atoms with van der Waals surface area (Å²) in [5.74, 6) is -0.00817. The third-order valence-electron chi connectivity index (χ3n) is 5.02. The molecule has 1 heterocycles. The molecule has 3 aromatic carbocycles. The van der Waals surface area contributed by atoms with Gasteiger partial charge in [0.05, 0.1) is 4.91 Å². The molecule has 3 aromatic rings. The van der Waals surface area contributed by atoms with E-state index >= 15 is 0 Å². The molecule has 1 amide bonds. The average Bonchev–Trinajstić information content (AvgIpc) is 3.04. The summed E-state index contributed by atoms with van der Waals surface area (Å²) in [5.41, 5.74) is 5.39. The number of nitrogens with zero attached hydrogens (tertiary/aromatic N) is 2. The quantitative estimate of drug-likeness (QED) is 0.332. The number of thioether (sulfide) groups is 1. The van der Waals surface area contributed by atoms with E-state index in [0.717, 1.165) is 28.2 Å². The number of anilines is 3. The van der Waals surface area contributed by atoms with Crippen molar-refractivity contribution in [1.29, 1.82) is 0 Å². The zero-order valence-corrected chi connectivity index (χ0v) is 18.5. The lowest BCUT2D eigenvalue weighted by molar-refractivity contribution is -0.121. The molecule has 0 unspecified atom stereocenters. The minimum absolute atomic E-state index is 0.00817. The molecule has 0 aromatic heterocycles. The number of thiocarbonyl (C=S) groups is 1. The topological polar surface area (TPSA) is 23.6 Å². The van der Waals surface area contributed by atoms with Crippen LogP contribution < -0.4 is 4.90 Å². The van der Waals surface area contributed by atoms with Gasteiger partial charge in [0, 0.05) is 23.6 Å². The molecule has 0 spiro atoms. The Balaban J connectivity index is 1.72. The molecule has 0 N–H and O–H groups in total. The Labute approximate surface area is 187 Å². The van der Waals surface area contributed by atoms with Crippen LogP contribution in [0.1, 0.15) is 18.1 Å². The molecule has 0 radical (unpaired) electrons. The minimum Gasteiger partial charge on any atom is -0.310 e. The van der Waals surface area contributed by atoms with Gasteiger partial charge in [-0.2, -0.15) is 0 Å². The molecule has 5 heteroatoms. The highest BCUT2D eigenvalue weighted by atomic mass is 32.2. The molecule has 0 atom stereocenters. The maximum absolute atomic E-state index is 12.5. The maximum atomic E-state index is 12.5. The summed E-state index contributed by atoms with van der Waals surface area (Å²) in [6.07, 6.45) is 1.95. The standard InChI is InChI=1S/C25H22N2OS2/c1-3-26-24(28)23(30-25(26)29)17-19-14-15-22(16-18(19)2)27(20-10-6-4-7-11-20)21-12-8-5-9-13-21/h4-17H,3H2,1-2H3. The number of para-hydroxylation sites is 2. The number of carbonyl (C=O) groups is 1. The van der Waals surface area contributed by atoms with E-state index < -0.39 is 0 Å². The Hall–Kier alpha value is -2.89. The van der Waals surface area contributed by atoms with Crippen LogP contribution in [0, 0.1) is 6.92 Å². The van der Waals surface area contributed by atoms with E-state index in [-0.39, 0.29) is 5.91 Å². The summed E-state index contributed by atoms with van der Waals surface area (Å²) in [6, 6.07) is 27.0. The highest BCUT2D eigenvalue weighted by Gasteiger charge is 2.30. The van der Waals surface area contributed by atoms with Gasteiger partial charge < -0.3 is 4.90 Å². The third kappa shape index (κ3) is 4.04. The number of likely N-dealkylation sites (N-methyl/N-ethyl adjacent to an activating group) is 1. The summed E-state index contributed by atoms with van der Waals surface area (Å²) in [4.78, 5) is 17.1. The van der Waals surface area contributed by atoms with Crippen LogP contribution >= 0.6 is 24.0 Å². The predicted molar refractivity (Wildman–Crippen MR) is 131 cm³/mol. The molecule has 1 fully saturated rings. The lowest BCUT2D eigenvalue weighted by Gasteiger charge is -2.26. The molecular formula is C25H22N2OS2. The third-order valence-corrected chi connectivity index (χ3v) is 6.39. The van der Waals surface area contributed by atoms with Gasteiger partial charge in [-0.3, -0.25) is 9.69 Å².